The van der Waals surface area contributed by atoms with Crippen molar-refractivity contribution < 1.29 is 4.79 Å². The number of aromatic nitrogens is 5. The van der Waals surface area contributed by atoms with E-state index in [9.17, 15) is 4.79 Å². The first-order chi connectivity index (χ1) is 16.4. The Bertz CT molecular complexity index is 1520. The average molecular weight is 512 g/mol. The first-order valence-corrected chi connectivity index (χ1v) is 11.4. The van der Waals surface area contributed by atoms with Crippen LogP contribution in [-0.4, -0.2) is 30.3 Å². The minimum Gasteiger partial charge on any atom is -0.304 e. The summed E-state index contributed by atoms with van der Waals surface area (Å²) in [5.74, 6) is -0.175. The van der Waals surface area contributed by atoms with Gasteiger partial charge in [0.25, 0.3) is 5.91 Å². The van der Waals surface area contributed by atoms with Crippen LogP contribution in [-0.2, 0) is 6.54 Å². The van der Waals surface area contributed by atoms with E-state index in [-0.39, 0.29) is 5.82 Å². The van der Waals surface area contributed by atoms with E-state index in [0.717, 1.165) is 22.4 Å². The summed E-state index contributed by atoms with van der Waals surface area (Å²) in [6, 6.07) is 15.2. The van der Waals surface area contributed by atoms with Crippen LogP contribution in [0.5, 0.6) is 0 Å². The predicted molar refractivity (Wildman–Crippen MR) is 134 cm³/mol. The van der Waals surface area contributed by atoms with Crippen LogP contribution >= 0.6 is 34.8 Å². The summed E-state index contributed by atoms with van der Waals surface area (Å²) < 4.78 is 3.26. The summed E-state index contributed by atoms with van der Waals surface area (Å²) in [6.07, 6.45) is 4.77. The zero-order valence-electron chi connectivity index (χ0n) is 17.8. The number of nitrogens with zero attached hydrogens (tertiary/aromatic N) is 5. The van der Waals surface area contributed by atoms with Gasteiger partial charge in [0, 0.05) is 18.0 Å². The maximum Gasteiger partial charge on any atom is 0.262 e. The van der Waals surface area contributed by atoms with Gasteiger partial charge >= 0.3 is 0 Å². The molecule has 0 bridgehead atoms. The fraction of sp³-hybridized carbons (Fsp3) is 0.0833. The Labute approximate surface area is 209 Å². The van der Waals surface area contributed by atoms with Gasteiger partial charge in [-0.2, -0.15) is 10.2 Å². The van der Waals surface area contributed by atoms with Crippen molar-refractivity contribution in [3.63, 3.8) is 0 Å². The Morgan fingerprint density at radius 3 is 2.56 bits per heavy atom. The van der Waals surface area contributed by atoms with Crippen molar-refractivity contribution >= 4 is 52.2 Å². The number of halogens is 3. The van der Waals surface area contributed by atoms with Crippen LogP contribution in [0.2, 0.25) is 15.1 Å². The Morgan fingerprint density at radius 2 is 1.79 bits per heavy atom. The molecular formula is C24H17Cl3N6O. The molecule has 0 fully saturated rings. The molecule has 1 N–H and O–H groups in total. The van der Waals surface area contributed by atoms with Gasteiger partial charge in [-0.05, 0) is 30.7 Å². The van der Waals surface area contributed by atoms with Gasteiger partial charge in [0.15, 0.2) is 11.5 Å². The highest BCUT2D eigenvalue weighted by molar-refractivity contribution is 6.42. The van der Waals surface area contributed by atoms with E-state index in [1.165, 1.54) is 6.20 Å². The number of benzene rings is 2. The number of anilines is 1. The molecule has 3 heterocycles. The lowest BCUT2D eigenvalue weighted by Gasteiger charge is -2.06. The second kappa shape index (κ2) is 9.10. The molecule has 0 atom stereocenters. The number of nitrogens with one attached hydrogen (secondary N) is 1. The molecule has 7 nitrogen and oxygen atoms in total. The van der Waals surface area contributed by atoms with Crippen LogP contribution in [0.1, 0.15) is 21.5 Å². The summed E-state index contributed by atoms with van der Waals surface area (Å²) in [4.78, 5) is 17.4. The van der Waals surface area contributed by atoms with Gasteiger partial charge in [0.1, 0.15) is 10.6 Å². The molecule has 0 saturated carbocycles. The van der Waals surface area contributed by atoms with Crippen LogP contribution in [0.15, 0.2) is 67.1 Å². The zero-order valence-corrected chi connectivity index (χ0v) is 20.1. The normalized spacial score (nSPS) is 11.2. The highest BCUT2D eigenvalue weighted by atomic mass is 35.5. The third-order valence-corrected chi connectivity index (χ3v) is 6.29. The number of rotatable bonds is 5. The molecule has 1 amide bonds. The first-order valence-electron chi connectivity index (χ1n) is 10.3. The average Bonchev–Trinajstić information content (AvgIpc) is 3.40. The minimum atomic E-state index is -0.412. The van der Waals surface area contributed by atoms with Gasteiger partial charge in [-0.15, -0.1) is 0 Å². The second-order valence-electron chi connectivity index (χ2n) is 7.72. The molecule has 5 rings (SSSR count). The number of aryl methyl sites for hydroxylation is 1. The Balaban J connectivity index is 1.39. The van der Waals surface area contributed by atoms with Crippen molar-refractivity contribution in [1.82, 2.24) is 24.4 Å². The molecule has 5 aromatic rings. The molecule has 170 valence electrons. The Kier molecular flexibility index (Phi) is 6.00. The lowest BCUT2D eigenvalue weighted by atomic mass is 10.1. The standard InChI is InChI=1S/C24H17Cl3N6O/c1-14-2-5-16(6-3-14)21-8-9-28-23-17(11-29-33(21)23)24(34)30-22-20(27)13-32(31-22)12-15-4-7-18(25)19(26)10-15/h2-11,13H,12H2,1H3,(H,30,31,34). The third-order valence-electron chi connectivity index (χ3n) is 5.27. The largest absolute Gasteiger partial charge is 0.304 e. The van der Waals surface area contributed by atoms with Crippen LogP contribution in [0.3, 0.4) is 0 Å². The minimum absolute atomic E-state index is 0.237. The second-order valence-corrected chi connectivity index (χ2v) is 8.94. The van der Waals surface area contributed by atoms with E-state index in [4.69, 9.17) is 34.8 Å². The number of amides is 1. The number of hydrogen-bond donors (Lipinski definition) is 1. The van der Waals surface area contributed by atoms with Crippen LogP contribution < -0.4 is 5.32 Å². The Hall–Kier alpha value is -3.39. The number of fused-ring (bicyclic) bond motifs is 1. The molecule has 0 aliphatic heterocycles. The van der Waals surface area contributed by atoms with E-state index in [2.05, 4.69) is 20.5 Å². The molecule has 10 heteroatoms. The summed E-state index contributed by atoms with van der Waals surface area (Å²) in [6.45, 7) is 2.43. The first kappa shape index (κ1) is 22.4. The summed E-state index contributed by atoms with van der Waals surface area (Å²) >= 11 is 18.4. The van der Waals surface area contributed by atoms with E-state index in [1.807, 2.05) is 43.3 Å². The topological polar surface area (TPSA) is 77.1 Å². The lowest BCUT2D eigenvalue weighted by Crippen LogP contribution is -2.13. The molecule has 2 aromatic carbocycles. The van der Waals surface area contributed by atoms with E-state index in [1.54, 1.807) is 33.7 Å². The molecule has 0 aliphatic carbocycles. The van der Waals surface area contributed by atoms with Crippen molar-refractivity contribution in [2.45, 2.75) is 13.5 Å². The highest BCUT2D eigenvalue weighted by Gasteiger charge is 2.19. The maximum atomic E-state index is 13.0. The fourth-order valence-corrected chi connectivity index (χ4v) is 4.08. The molecule has 34 heavy (non-hydrogen) atoms. The lowest BCUT2D eigenvalue weighted by molar-refractivity contribution is 0.102. The third kappa shape index (κ3) is 4.37. The number of carbonyl (C=O) groups is 1. The van der Waals surface area contributed by atoms with Crippen LogP contribution in [0.25, 0.3) is 16.9 Å². The van der Waals surface area contributed by atoms with E-state index in [0.29, 0.717) is 32.8 Å². The van der Waals surface area contributed by atoms with Crippen molar-refractivity contribution in [2.24, 2.45) is 0 Å². The van der Waals surface area contributed by atoms with Crippen LogP contribution in [0.4, 0.5) is 5.82 Å². The molecular weight excluding hydrogens is 495 g/mol. The van der Waals surface area contributed by atoms with Gasteiger partial charge < -0.3 is 5.32 Å². The van der Waals surface area contributed by atoms with Gasteiger partial charge in [-0.25, -0.2) is 9.50 Å². The molecule has 0 radical (unpaired) electrons. The predicted octanol–water partition coefficient (Wildman–Crippen LogP) is 6.16. The van der Waals surface area contributed by atoms with E-state index < -0.39 is 5.91 Å². The quantitative estimate of drug-likeness (QED) is 0.306. The molecule has 0 aliphatic rings. The monoisotopic (exact) mass is 510 g/mol. The molecule has 0 unspecified atom stereocenters. The smallest absolute Gasteiger partial charge is 0.262 e. The van der Waals surface area contributed by atoms with Crippen molar-refractivity contribution in [2.75, 3.05) is 5.32 Å². The Morgan fingerprint density at radius 1 is 1.00 bits per heavy atom. The summed E-state index contributed by atoms with van der Waals surface area (Å²) in [5, 5.41) is 12.8. The highest BCUT2D eigenvalue weighted by Crippen LogP contribution is 2.26. The van der Waals surface area contributed by atoms with Gasteiger partial charge in [-0.1, -0.05) is 70.7 Å². The van der Waals surface area contributed by atoms with Crippen molar-refractivity contribution in [3.8, 4) is 11.3 Å². The van der Waals surface area contributed by atoms with E-state index >= 15 is 0 Å². The van der Waals surface area contributed by atoms with Gasteiger partial charge in [-0.3, -0.25) is 9.48 Å². The van der Waals surface area contributed by atoms with Crippen molar-refractivity contribution in [3.05, 3.63) is 98.9 Å². The SMILES string of the molecule is Cc1ccc(-c2ccnc3c(C(=O)Nc4nn(Cc5ccc(Cl)c(Cl)c5)cc4Cl)cnn23)cc1. The summed E-state index contributed by atoms with van der Waals surface area (Å²) in [5.41, 5.74) is 4.59. The fourth-order valence-electron chi connectivity index (χ4n) is 3.56. The maximum absolute atomic E-state index is 13.0. The molecule has 3 aromatic heterocycles. The molecule has 0 spiro atoms. The number of hydrogen-bond acceptors (Lipinski definition) is 4. The zero-order chi connectivity index (χ0) is 23.8. The van der Waals surface area contributed by atoms with Crippen molar-refractivity contribution in [1.29, 1.82) is 0 Å². The number of carbonyl (C=O) groups excluding carboxylic acids is 1. The van der Waals surface area contributed by atoms with Crippen LogP contribution in [0, 0.1) is 6.92 Å². The van der Waals surface area contributed by atoms with Gasteiger partial charge in [0.2, 0.25) is 0 Å². The van der Waals surface area contributed by atoms with Gasteiger partial charge in [0.05, 0.1) is 28.5 Å². The molecule has 0 saturated heterocycles. The summed E-state index contributed by atoms with van der Waals surface area (Å²) in [7, 11) is 0.